The van der Waals surface area contributed by atoms with Gasteiger partial charge in [0, 0.05) is 25.4 Å². The van der Waals surface area contributed by atoms with Crippen LogP contribution in [0.25, 0.3) is 0 Å². The van der Waals surface area contributed by atoms with Crippen molar-refractivity contribution in [2.24, 2.45) is 4.99 Å². The van der Waals surface area contributed by atoms with Gasteiger partial charge in [-0.1, -0.05) is 18.2 Å². The van der Waals surface area contributed by atoms with Gasteiger partial charge in [-0.05, 0) is 36.2 Å². The fraction of sp³-hybridized carbons (Fsp3) is 0.333. The van der Waals surface area contributed by atoms with Crippen molar-refractivity contribution in [1.29, 1.82) is 0 Å². The van der Waals surface area contributed by atoms with Crippen LogP contribution in [0, 0.1) is 10.1 Å². The zero-order valence-corrected chi connectivity index (χ0v) is 16.2. The molecular weight excluding hydrogens is 374 g/mol. The lowest BCUT2D eigenvalue weighted by molar-refractivity contribution is -0.384. The van der Waals surface area contributed by atoms with Crippen LogP contribution in [0.5, 0.6) is 0 Å². The van der Waals surface area contributed by atoms with Gasteiger partial charge < -0.3 is 14.4 Å². The highest BCUT2D eigenvalue weighted by Crippen LogP contribution is 2.29. The zero-order chi connectivity index (χ0) is 20.6. The maximum Gasteiger partial charge on any atom is 0.310 e. The SMILES string of the molecule is CCOC(=O)Cc1ccc(N=Cc2ccc(N3CCOCC3)c([N+](=O)[O-])c2)cc1. The standard InChI is InChI=1S/C21H23N3O5/c1-2-29-21(25)14-16-3-6-18(7-4-16)22-15-17-5-8-19(20(13-17)24(26)27)23-9-11-28-12-10-23/h3-8,13,15H,2,9-12,14H2,1H3. The molecule has 8 nitrogen and oxygen atoms in total. The number of esters is 1. The van der Waals surface area contributed by atoms with Crippen LogP contribution in [0.4, 0.5) is 17.1 Å². The lowest BCUT2D eigenvalue weighted by Crippen LogP contribution is -2.36. The molecule has 1 heterocycles. The number of rotatable bonds is 7. The van der Waals surface area contributed by atoms with Crippen molar-refractivity contribution in [2.45, 2.75) is 13.3 Å². The van der Waals surface area contributed by atoms with E-state index in [1.165, 1.54) is 6.07 Å². The van der Waals surface area contributed by atoms with E-state index in [1.807, 2.05) is 23.1 Å². The molecule has 152 valence electrons. The summed E-state index contributed by atoms with van der Waals surface area (Å²) in [5.74, 6) is -0.267. The third-order valence-electron chi connectivity index (χ3n) is 4.50. The molecule has 1 aliphatic rings. The zero-order valence-electron chi connectivity index (χ0n) is 16.2. The molecule has 2 aromatic carbocycles. The topological polar surface area (TPSA) is 94.3 Å². The first-order chi connectivity index (χ1) is 14.1. The summed E-state index contributed by atoms with van der Waals surface area (Å²) in [6, 6.07) is 12.3. The molecule has 1 aliphatic heterocycles. The number of nitro benzene ring substituents is 1. The van der Waals surface area contributed by atoms with Crippen LogP contribution in [-0.2, 0) is 20.7 Å². The van der Waals surface area contributed by atoms with Gasteiger partial charge in [-0.3, -0.25) is 19.9 Å². The van der Waals surface area contributed by atoms with Crippen LogP contribution in [0.2, 0.25) is 0 Å². The minimum atomic E-state index is -0.369. The third kappa shape index (κ3) is 5.61. The summed E-state index contributed by atoms with van der Waals surface area (Å²) in [7, 11) is 0. The monoisotopic (exact) mass is 397 g/mol. The Hall–Kier alpha value is -3.26. The number of morpholine rings is 1. The molecule has 0 aromatic heterocycles. The van der Waals surface area contributed by atoms with Gasteiger partial charge in [0.2, 0.25) is 0 Å². The van der Waals surface area contributed by atoms with Gasteiger partial charge in [-0.2, -0.15) is 0 Å². The van der Waals surface area contributed by atoms with E-state index in [4.69, 9.17) is 9.47 Å². The normalized spacial score (nSPS) is 14.2. The first-order valence-electron chi connectivity index (χ1n) is 9.46. The van der Waals surface area contributed by atoms with E-state index >= 15 is 0 Å². The molecule has 0 atom stereocenters. The fourth-order valence-electron chi connectivity index (χ4n) is 3.07. The highest BCUT2D eigenvalue weighted by Gasteiger charge is 2.21. The van der Waals surface area contributed by atoms with Crippen LogP contribution < -0.4 is 4.90 Å². The molecule has 0 aliphatic carbocycles. The molecule has 0 amide bonds. The molecule has 0 spiro atoms. The molecule has 8 heteroatoms. The number of hydrogen-bond donors (Lipinski definition) is 0. The fourth-order valence-corrected chi connectivity index (χ4v) is 3.07. The number of nitrogens with zero attached hydrogens (tertiary/aromatic N) is 3. The van der Waals surface area contributed by atoms with Crippen molar-refractivity contribution in [3.8, 4) is 0 Å². The lowest BCUT2D eigenvalue weighted by atomic mass is 10.1. The molecule has 0 radical (unpaired) electrons. The molecule has 1 fully saturated rings. The van der Waals surface area contributed by atoms with Crippen molar-refractivity contribution in [3.63, 3.8) is 0 Å². The van der Waals surface area contributed by atoms with Crippen molar-refractivity contribution in [3.05, 3.63) is 63.7 Å². The van der Waals surface area contributed by atoms with E-state index in [1.54, 1.807) is 31.3 Å². The van der Waals surface area contributed by atoms with Gasteiger partial charge in [-0.15, -0.1) is 0 Å². The van der Waals surface area contributed by atoms with E-state index in [0.717, 1.165) is 5.56 Å². The van der Waals surface area contributed by atoms with E-state index in [2.05, 4.69) is 4.99 Å². The Bertz CT molecular complexity index is 890. The van der Waals surface area contributed by atoms with E-state index in [0.29, 0.717) is 49.8 Å². The number of carbonyl (C=O) groups excluding carboxylic acids is 1. The molecule has 1 saturated heterocycles. The summed E-state index contributed by atoms with van der Waals surface area (Å²) in [6.45, 7) is 4.52. The average Bonchev–Trinajstić information content (AvgIpc) is 2.74. The minimum Gasteiger partial charge on any atom is -0.466 e. The summed E-state index contributed by atoms with van der Waals surface area (Å²) < 4.78 is 10.2. The van der Waals surface area contributed by atoms with Crippen molar-refractivity contribution in [2.75, 3.05) is 37.8 Å². The third-order valence-corrected chi connectivity index (χ3v) is 4.50. The number of anilines is 1. The Labute approximate surface area is 168 Å². The summed E-state index contributed by atoms with van der Waals surface area (Å²) in [5.41, 5.74) is 2.83. The van der Waals surface area contributed by atoms with Gasteiger partial charge in [0.1, 0.15) is 5.69 Å². The van der Waals surface area contributed by atoms with Crippen LogP contribution >= 0.6 is 0 Å². The average molecular weight is 397 g/mol. The number of hydrogen-bond acceptors (Lipinski definition) is 7. The Kier molecular flexibility index (Phi) is 6.91. The van der Waals surface area contributed by atoms with Crippen molar-refractivity contribution in [1.82, 2.24) is 0 Å². The summed E-state index contributed by atoms with van der Waals surface area (Å²) in [5, 5.41) is 11.5. The molecule has 2 aromatic rings. The van der Waals surface area contributed by atoms with E-state index in [9.17, 15) is 14.9 Å². The van der Waals surface area contributed by atoms with Crippen LogP contribution in [0.15, 0.2) is 47.5 Å². The maximum absolute atomic E-state index is 11.5. The lowest BCUT2D eigenvalue weighted by Gasteiger charge is -2.28. The molecule has 29 heavy (non-hydrogen) atoms. The second-order valence-corrected chi connectivity index (χ2v) is 6.51. The predicted molar refractivity (Wildman–Crippen MR) is 110 cm³/mol. The number of aliphatic imine (C=N–C) groups is 1. The number of nitro groups is 1. The Balaban J connectivity index is 1.72. The molecule has 0 unspecified atom stereocenters. The van der Waals surface area contributed by atoms with Gasteiger partial charge in [0.15, 0.2) is 0 Å². The highest BCUT2D eigenvalue weighted by atomic mass is 16.6. The van der Waals surface area contributed by atoms with E-state index < -0.39 is 0 Å². The predicted octanol–water partition coefficient (Wildman–Crippen LogP) is 3.29. The van der Waals surface area contributed by atoms with Gasteiger partial charge in [-0.25, -0.2) is 0 Å². The Morgan fingerprint density at radius 3 is 2.62 bits per heavy atom. The van der Waals surface area contributed by atoms with Gasteiger partial charge in [0.05, 0.1) is 36.9 Å². The molecule has 0 bridgehead atoms. The number of carbonyl (C=O) groups is 1. The van der Waals surface area contributed by atoms with Crippen LogP contribution in [0.3, 0.4) is 0 Å². The largest absolute Gasteiger partial charge is 0.466 e. The van der Waals surface area contributed by atoms with Gasteiger partial charge >= 0.3 is 5.97 Å². The second-order valence-electron chi connectivity index (χ2n) is 6.51. The molecule has 0 saturated carbocycles. The second kappa shape index (κ2) is 9.79. The van der Waals surface area contributed by atoms with Gasteiger partial charge in [0.25, 0.3) is 5.69 Å². The molecule has 3 rings (SSSR count). The first-order valence-corrected chi connectivity index (χ1v) is 9.46. The molecular formula is C21H23N3O5. The van der Waals surface area contributed by atoms with Crippen molar-refractivity contribution < 1.29 is 19.2 Å². The Morgan fingerprint density at radius 1 is 1.24 bits per heavy atom. The van der Waals surface area contributed by atoms with Crippen LogP contribution in [0.1, 0.15) is 18.1 Å². The van der Waals surface area contributed by atoms with E-state index in [-0.39, 0.29) is 23.0 Å². The summed E-state index contributed by atoms with van der Waals surface area (Å²) in [6.07, 6.45) is 1.81. The quantitative estimate of drug-likeness (QED) is 0.308. The number of ether oxygens (including phenoxy) is 2. The molecule has 0 N–H and O–H groups in total. The van der Waals surface area contributed by atoms with Crippen LogP contribution in [-0.4, -0.2) is 50.0 Å². The smallest absolute Gasteiger partial charge is 0.310 e. The maximum atomic E-state index is 11.5. The van der Waals surface area contributed by atoms with Crippen molar-refractivity contribution >= 4 is 29.2 Å². The summed E-state index contributed by atoms with van der Waals surface area (Å²) in [4.78, 5) is 29.0. The first kappa shape index (κ1) is 20.5. The highest BCUT2D eigenvalue weighted by molar-refractivity contribution is 5.85. The minimum absolute atomic E-state index is 0.0561. The Morgan fingerprint density at radius 2 is 1.97 bits per heavy atom. The number of benzene rings is 2. The summed E-state index contributed by atoms with van der Waals surface area (Å²) >= 11 is 0.